The Bertz CT molecular complexity index is 856. The number of benzene rings is 1. The van der Waals surface area contributed by atoms with Crippen LogP contribution in [0.2, 0.25) is 0 Å². The predicted molar refractivity (Wildman–Crippen MR) is 93.5 cm³/mol. The first-order valence-corrected chi connectivity index (χ1v) is 7.60. The first-order chi connectivity index (χ1) is 12.4. The molecule has 1 heterocycles. The van der Waals surface area contributed by atoms with E-state index < -0.39 is 16.8 Å². The van der Waals surface area contributed by atoms with Crippen molar-refractivity contribution in [2.75, 3.05) is 18.5 Å². The largest absolute Gasteiger partial charge is 0.462 e. The summed E-state index contributed by atoms with van der Waals surface area (Å²) in [7, 11) is 0. The predicted octanol–water partition coefficient (Wildman–Crippen LogP) is 2.26. The van der Waals surface area contributed by atoms with Gasteiger partial charge in [-0.1, -0.05) is 0 Å². The topological polar surface area (TPSA) is 138 Å². The molecule has 0 radical (unpaired) electrons. The van der Waals surface area contributed by atoms with Gasteiger partial charge in [0.25, 0.3) is 5.69 Å². The molecule has 0 unspecified atom stereocenters. The lowest BCUT2D eigenvalue weighted by Gasteiger charge is -2.08. The molecule has 0 aliphatic carbocycles. The average Bonchev–Trinajstić information content (AvgIpc) is 3.02. The molecule has 0 aliphatic heterocycles. The number of esters is 1. The van der Waals surface area contributed by atoms with E-state index >= 15 is 0 Å². The molecule has 0 aliphatic rings. The third-order valence-corrected chi connectivity index (χ3v) is 3.29. The van der Waals surface area contributed by atoms with Crippen LogP contribution < -0.4 is 11.1 Å². The number of furan rings is 1. The van der Waals surface area contributed by atoms with Crippen molar-refractivity contribution in [3.63, 3.8) is 0 Å². The molecule has 0 atom stereocenters. The molecule has 26 heavy (non-hydrogen) atoms. The maximum absolute atomic E-state index is 11.6. The van der Waals surface area contributed by atoms with Crippen molar-refractivity contribution in [3.05, 3.63) is 63.6 Å². The molecular formula is C17H17N3O6. The second kappa shape index (κ2) is 8.47. The summed E-state index contributed by atoms with van der Waals surface area (Å²) in [5, 5.41) is 13.8. The normalized spacial score (nSPS) is 10.7. The number of carbonyl (C=O) groups is 2. The summed E-state index contributed by atoms with van der Waals surface area (Å²) in [4.78, 5) is 33.1. The van der Waals surface area contributed by atoms with Gasteiger partial charge < -0.3 is 20.2 Å². The minimum absolute atomic E-state index is 0.00488. The third-order valence-electron chi connectivity index (χ3n) is 3.29. The number of nitrogens with one attached hydrogen (secondary N) is 1. The van der Waals surface area contributed by atoms with Crippen molar-refractivity contribution in [1.82, 2.24) is 0 Å². The van der Waals surface area contributed by atoms with E-state index in [9.17, 15) is 19.7 Å². The zero-order chi connectivity index (χ0) is 19.1. The summed E-state index contributed by atoms with van der Waals surface area (Å²) in [6, 6.07) is 7.32. The first-order valence-electron chi connectivity index (χ1n) is 7.60. The Balaban J connectivity index is 1.85. The van der Waals surface area contributed by atoms with Gasteiger partial charge >= 0.3 is 5.97 Å². The zero-order valence-electron chi connectivity index (χ0n) is 13.9. The van der Waals surface area contributed by atoms with Gasteiger partial charge in [-0.2, -0.15) is 0 Å². The number of nitrogens with two attached hydrogens (primary N) is 1. The van der Waals surface area contributed by atoms with Crippen molar-refractivity contribution in [2.24, 2.45) is 5.73 Å². The van der Waals surface area contributed by atoms with Crippen molar-refractivity contribution in [1.29, 1.82) is 0 Å². The maximum atomic E-state index is 11.6. The minimum Gasteiger partial charge on any atom is -0.462 e. The number of rotatable bonds is 8. The molecule has 9 nitrogen and oxygen atoms in total. The lowest BCUT2D eigenvalue weighted by Crippen LogP contribution is -2.14. The van der Waals surface area contributed by atoms with Gasteiger partial charge in [-0.25, -0.2) is 4.79 Å². The van der Waals surface area contributed by atoms with E-state index in [4.69, 9.17) is 14.9 Å². The van der Waals surface area contributed by atoms with Gasteiger partial charge in [-0.15, -0.1) is 0 Å². The summed E-state index contributed by atoms with van der Waals surface area (Å²) in [5.41, 5.74) is 5.04. The summed E-state index contributed by atoms with van der Waals surface area (Å²) < 4.78 is 10.3. The second-order valence-corrected chi connectivity index (χ2v) is 5.23. The number of nitro benzene ring substituents is 1. The Morgan fingerprint density at radius 2 is 2.12 bits per heavy atom. The Morgan fingerprint density at radius 3 is 2.73 bits per heavy atom. The summed E-state index contributed by atoms with van der Waals surface area (Å²) in [6.07, 6.45) is 2.71. The molecule has 0 saturated carbocycles. The van der Waals surface area contributed by atoms with Gasteiger partial charge in [-0.3, -0.25) is 14.9 Å². The molecule has 2 rings (SSSR count). The third kappa shape index (κ3) is 5.20. The van der Waals surface area contributed by atoms with E-state index in [1.807, 2.05) is 0 Å². The molecule has 0 spiro atoms. The number of hydrogen-bond donors (Lipinski definition) is 2. The summed E-state index contributed by atoms with van der Waals surface area (Å²) in [5.74, 6) is -0.0690. The highest BCUT2D eigenvalue weighted by atomic mass is 16.6. The van der Waals surface area contributed by atoms with Crippen LogP contribution in [-0.2, 0) is 9.53 Å². The van der Waals surface area contributed by atoms with Gasteiger partial charge in [0.1, 0.15) is 23.8 Å². The van der Waals surface area contributed by atoms with E-state index in [2.05, 4.69) is 5.32 Å². The molecule has 1 aromatic carbocycles. The van der Waals surface area contributed by atoms with Crippen LogP contribution in [0.4, 0.5) is 11.4 Å². The molecular weight excluding hydrogens is 342 g/mol. The van der Waals surface area contributed by atoms with Crippen molar-refractivity contribution in [3.8, 4) is 0 Å². The molecule has 0 fully saturated rings. The number of primary amides is 1. The number of amides is 1. The number of carbonyl (C=O) groups excluding carboxylic acids is 2. The fraction of sp³-hybridized carbons (Fsp3) is 0.176. The first kappa shape index (κ1) is 18.7. The van der Waals surface area contributed by atoms with Crippen molar-refractivity contribution >= 4 is 29.3 Å². The highest BCUT2D eigenvalue weighted by Gasteiger charge is 2.16. The van der Waals surface area contributed by atoms with Gasteiger partial charge in [0.15, 0.2) is 0 Å². The zero-order valence-corrected chi connectivity index (χ0v) is 13.9. The lowest BCUT2D eigenvalue weighted by molar-refractivity contribution is -0.384. The monoisotopic (exact) mass is 359 g/mol. The number of hydrogen-bond acceptors (Lipinski definition) is 7. The number of anilines is 1. The van der Waals surface area contributed by atoms with Gasteiger partial charge in [-0.05, 0) is 37.3 Å². The van der Waals surface area contributed by atoms with E-state index in [1.165, 1.54) is 24.3 Å². The van der Waals surface area contributed by atoms with Crippen LogP contribution in [0.1, 0.15) is 21.9 Å². The number of aryl methyl sites for hydroxylation is 1. The standard InChI is InChI=1S/C17H17N3O6/c1-11-2-4-13(26-11)5-7-16(21)25-9-8-19-14-6-3-12(17(18)22)10-15(14)20(23)24/h2-7,10,19H,8-9H2,1H3,(H2,18,22). The summed E-state index contributed by atoms with van der Waals surface area (Å²) in [6.45, 7) is 1.93. The maximum Gasteiger partial charge on any atom is 0.330 e. The Hall–Kier alpha value is -3.62. The van der Waals surface area contributed by atoms with E-state index in [1.54, 1.807) is 19.1 Å². The fourth-order valence-corrected chi connectivity index (χ4v) is 2.06. The van der Waals surface area contributed by atoms with Crippen molar-refractivity contribution < 1.29 is 23.7 Å². The van der Waals surface area contributed by atoms with E-state index in [-0.39, 0.29) is 30.1 Å². The molecule has 136 valence electrons. The molecule has 2 aromatic rings. The van der Waals surface area contributed by atoms with Gasteiger partial charge in [0, 0.05) is 24.3 Å². The highest BCUT2D eigenvalue weighted by Crippen LogP contribution is 2.25. The number of ether oxygens (including phenoxy) is 1. The molecule has 1 aromatic heterocycles. The SMILES string of the molecule is Cc1ccc(C=CC(=O)OCCNc2ccc(C(N)=O)cc2[N+](=O)[O-])o1. The van der Waals surface area contributed by atoms with Crippen LogP contribution >= 0.6 is 0 Å². The molecule has 0 bridgehead atoms. The van der Waals surface area contributed by atoms with Crippen LogP contribution in [0, 0.1) is 17.0 Å². The second-order valence-electron chi connectivity index (χ2n) is 5.23. The van der Waals surface area contributed by atoms with Crippen molar-refractivity contribution in [2.45, 2.75) is 6.92 Å². The number of nitrogens with zero attached hydrogens (tertiary/aromatic N) is 1. The Labute approximate surface area is 148 Å². The van der Waals surface area contributed by atoms with Crippen LogP contribution in [0.5, 0.6) is 0 Å². The Morgan fingerprint density at radius 1 is 1.35 bits per heavy atom. The Kier molecular flexibility index (Phi) is 6.10. The number of nitro groups is 1. The molecule has 0 saturated heterocycles. The van der Waals surface area contributed by atoms with Crippen LogP contribution in [0.25, 0.3) is 6.08 Å². The van der Waals surface area contributed by atoms with E-state index in [0.717, 1.165) is 11.8 Å². The van der Waals surface area contributed by atoms with E-state index in [0.29, 0.717) is 5.76 Å². The quantitative estimate of drug-likeness (QED) is 0.242. The summed E-state index contributed by atoms with van der Waals surface area (Å²) >= 11 is 0. The van der Waals surface area contributed by atoms with Crippen LogP contribution in [-0.4, -0.2) is 30.0 Å². The average molecular weight is 359 g/mol. The van der Waals surface area contributed by atoms with Gasteiger partial charge in [0.05, 0.1) is 4.92 Å². The molecule has 1 amide bonds. The van der Waals surface area contributed by atoms with Crippen LogP contribution in [0.3, 0.4) is 0 Å². The highest BCUT2D eigenvalue weighted by molar-refractivity contribution is 5.94. The molecule has 3 N–H and O–H groups in total. The minimum atomic E-state index is -0.757. The molecule has 9 heteroatoms. The van der Waals surface area contributed by atoms with Gasteiger partial charge in [0.2, 0.25) is 5.91 Å². The fourth-order valence-electron chi connectivity index (χ4n) is 2.06. The van der Waals surface area contributed by atoms with Crippen LogP contribution in [0.15, 0.2) is 40.8 Å². The lowest BCUT2D eigenvalue weighted by atomic mass is 10.1. The smallest absolute Gasteiger partial charge is 0.330 e.